The fourth-order valence-electron chi connectivity index (χ4n) is 2.56. The molecule has 0 aromatic heterocycles. The van der Waals surface area contributed by atoms with Crippen LogP contribution in [0.4, 0.5) is 11.4 Å². The molecule has 0 spiro atoms. The molecular formula is C18H17ClN2O3. The van der Waals surface area contributed by atoms with Crippen LogP contribution in [0.5, 0.6) is 5.75 Å². The molecule has 0 fully saturated rings. The number of hydrogen-bond donors (Lipinski definition) is 1. The first kappa shape index (κ1) is 16.3. The minimum Gasteiger partial charge on any atom is -0.476 e. The van der Waals surface area contributed by atoms with Gasteiger partial charge in [0.1, 0.15) is 5.75 Å². The fraction of sp³-hybridized carbons (Fsp3) is 0.222. The van der Waals surface area contributed by atoms with Gasteiger partial charge in [-0.05, 0) is 36.8 Å². The van der Waals surface area contributed by atoms with Crippen molar-refractivity contribution in [3.8, 4) is 5.75 Å². The molecule has 0 aliphatic carbocycles. The van der Waals surface area contributed by atoms with Gasteiger partial charge in [-0.3, -0.25) is 9.59 Å². The number of aryl methyl sites for hydroxylation is 1. The lowest BCUT2D eigenvalue weighted by atomic mass is 10.1. The minimum absolute atomic E-state index is 0.137. The summed E-state index contributed by atoms with van der Waals surface area (Å²) < 4.78 is 5.76. The molecule has 0 unspecified atom stereocenters. The summed E-state index contributed by atoms with van der Waals surface area (Å²) in [6.07, 6.45) is -0.788. The standard InChI is InChI=1S/C18H17ClN2O3/c1-11-7-8-13(9-14(11)19)20-18(23)17-10-21(12(2)22)15-5-3-4-6-16(15)24-17/h3-9,17H,10H2,1-2H3,(H,20,23)/t17-/m1/s1. The van der Waals surface area contributed by atoms with E-state index in [-0.39, 0.29) is 18.4 Å². The van der Waals surface area contributed by atoms with E-state index in [1.54, 1.807) is 35.2 Å². The van der Waals surface area contributed by atoms with Gasteiger partial charge in [0.15, 0.2) is 6.10 Å². The second kappa shape index (κ2) is 6.53. The Bertz CT molecular complexity index is 807. The Hall–Kier alpha value is -2.53. The van der Waals surface area contributed by atoms with E-state index in [1.807, 2.05) is 19.1 Å². The van der Waals surface area contributed by atoms with E-state index in [2.05, 4.69) is 5.32 Å². The second-order valence-corrected chi connectivity index (χ2v) is 6.06. The zero-order valence-electron chi connectivity index (χ0n) is 13.4. The number of benzene rings is 2. The molecule has 6 heteroatoms. The molecule has 124 valence electrons. The predicted molar refractivity (Wildman–Crippen MR) is 93.7 cm³/mol. The third-order valence-electron chi connectivity index (χ3n) is 3.89. The molecule has 1 heterocycles. The van der Waals surface area contributed by atoms with Gasteiger partial charge in [-0.25, -0.2) is 0 Å². The molecule has 3 rings (SSSR count). The summed E-state index contributed by atoms with van der Waals surface area (Å²) in [7, 11) is 0. The highest BCUT2D eigenvalue weighted by Crippen LogP contribution is 2.33. The van der Waals surface area contributed by atoms with Gasteiger partial charge in [0.05, 0.1) is 12.2 Å². The van der Waals surface area contributed by atoms with E-state index in [0.29, 0.717) is 22.1 Å². The average molecular weight is 345 g/mol. The Morgan fingerprint density at radius 2 is 2.00 bits per heavy atom. The Balaban J connectivity index is 1.81. The summed E-state index contributed by atoms with van der Waals surface area (Å²) in [6, 6.07) is 12.5. The number of carbonyl (C=O) groups excluding carboxylic acids is 2. The molecular weight excluding hydrogens is 328 g/mol. The molecule has 1 aliphatic rings. The number of fused-ring (bicyclic) bond motifs is 1. The highest BCUT2D eigenvalue weighted by Gasteiger charge is 2.32. The largest absolute Gasteiger partial charge is 0.476 e. The molecule has 24 heavy (non-hydrogen) atoms. The molecule has 0 radical (unpaired) electrons. The third-order valence-corrected chi connectivity index (χ3v) is 4.29. The van der Waals surface area contributed by atoms with Crippen molar-refractivity contribution in [2.24, 2.45) is 0 Å². The van der Waals surface area contributed by atoms with Gasteiger partial charge in [-0.1, -0.05) is 29.8 Å². The Morgan fingerprint density at radius 1 is 1.25 bits per heavy atom. The molecule has 0 bridgehead atoms. The topological polar surface area (TPSA) is 58.6 Å². The Labute approximate surface area is 145 Å². The monoisotopic (exact) mass is 344 g/mol. The number of amides is 2. The summed E-state index contributed by atoms with van der Waals surface area (Å²) in [5.74, 6) is 0.0543. The first-order chi connectivity index (χ1) is 11.5. The molecule has 2 aromatic rings. The lowest BCUT2D eigenvalue weighted by Gasteiger charge is -2.33. The van der Waals surface area contributed by atoms with Crippen molar-refractivity contribution in [3.05, 3.63) is 53.1 Å². The maximum atomic E-state index is 12.5. The maximum absolute atomic E-state index is 12.5. The molecule has 2 aromatic carbocycles. The lowest BCUT2D eigenvalue weighted by Crippen LogP contribution is -2.48. The normalized spacial score (nSPS) is 16.1. The summed E-state index contributed by atoms with van der Waals surface area (Å²) in [4.78, 5) is 26.0. The number of nitrogens with one attached hydrogen (secondary N) is 1. The summed E-state index contributed by atoms with van der Waals surface area (Å²) >= 11 is 6.08. The van der Waals surface area contributed by atoms with E-state index < -0.39 is 6.10 Å². The van der Waals surface area contributed by atoms with E-state index in [9.17, 15) is 9.59 Å². The van der Waals surface area contributed by atoms with Gasteiger partial charge in [0, 0.05) is 17.6 Å². The van der Waals surface area contributed by atoms with Crippen molar-refractivity contribution in [2.75, 3.05) is 16.8 Å². The van der Waals surface area contributed by atoms with Gasteiger partial charge in [0.25, 0.3) is 5.91 Å². The molecule has 0 saturated heterocycles. The number of para-hydroxylation sites is 2. The van der Waals surface area contributed by atoms with Crippen molar-refractivity contribution < 1.29 is 14.3 Å². The van der Waals surface area contributed by atoms with Crippen LogP contribution in [-0.4, -0.2) is 24.5 Å². The van der Waals surface area contributed by atoms with Crippen LogP contribution in [0.15, 0.2) is 42.5 Å². The number of nitrogens with zero attached hydrogens (tertiary/aromatic N) is 1. The van der Waals surface area contributed by atoms with Gasteiger partial charge < -0.3 is 15.0 Å². The first-order valence-electron chi connectivity index (χ1n) is 7.56. The lowest BCUT2D eigenvalue weighted by molar-refractivity contribution is -0.123. The van der Waals surface area contributed by atoms with Crippen molar-refractivity contribution >= 4 is 34.8 Å². The van der Waals surface area contributed by atoms with Crippen LogP contribution in [-0.2, 0) is 9.59 Å². The van der Waals surface area contributed by atoms with Gasteiger partial charge >= 0.3 is 0 Å². The quantitative estimate of drug-likeness (QED) is 0.908. The van der Waals surface area contributed by atoms with Gasteiger partial charge in [-0.15, -0.1) is 0 Å². The fourth-order valence-corrected chi connectivity index (χ4v) is 2.74. The van der Waals surface area contributed by atoms with Crippen LogP contribution < -0.4 is 15.0 Å². The SMILES string of the molecule is CC(=O)N1C[C@H](C(=O)Nc2ccc(C)c(Cl)c2)Oc2ccccc21. The van der Waals surface area contributed by atoms with Crippen LogP contribution in [0.25, 0.3) is 0 Å². The number of hydrogen-bond acceptors (Lipinski definition) is 3. The first-order valence-corrected chi connectivity index (χ1v) is 7.94. The summed E-state index contributed by atoms with van der Waals surface area (Å²) in [5, 5.41) is 3.36. The number of halogens is 1. The number of rotatable bonds is 2. The zero-order chi connectivity index (χ0) is 17.3. The molecule has 2 amide bonds. The van der Waals surface area contributed by atoms with Crippen LogP contribution in [0.3, 0.4) is 0 Å². The third kappa shape index (κ3) is 3.21. The molecule has 1 aliphatic heterocycles. The minimum atomic E-state index is -0.788. The van der Waals surface area contributed by atoms with Crippen molar-refractivity contribution in [2.45, 2.75) is 20.0 Å². The molecule has 1 atom stereocenters. The summed E-state index contributed by atoms with van der Waals surface area (Å²) in [6.45, 7) is 3.52. The molecule has 1 N–H and O–H groups in total. The number of ether oxygens (including phenoxy) is 1. The van der Waals surface area contributed by atoms with Gasteiger partial charge in [-0.2, -0.15) is 0 Å². The molecule has 0 saturated carbocycles. The van der Waals surface area contributed by atoms with E-state index >= 15 is 0 Å². The van der Waals surface area contributed by atoms with Crippen molar-refractivity contribution in [1.82, 2.24) is 0 Å². The van der Waals surface area contributed by atoms with Crippen LogP contribution in [0, 0.1) is 6.92 Å². The Kier molecular flexibility index (Phi) is 4.44. The van der Waals surface area contributed by atoms with E-state index in [4.69, 9.17) is 16.3 Å². The van der Waals surface area contributed by atoms with Crippen molar-refractivity contribution in [1.29, 1.82) is 0 Å². The highest BCUT2D eigenvalue weighted by molar-refractivity contribution is 6.31. The van der Waals surface area contributed by atoms with Crippen molar-refractivity contribution in [3.63, 3.8) is 0 Å². The second-order valence-electron chi connectivity index (χ2n) is 5.66. The van der Waals surface area contributed by atoms with Crippen LogP contribution in [0.2, 0.25) is 5.02 Å². The average Bonchev–Trinajstić information content (AvgIpc) is 2.57. The Morgan fingerprint density at radius 3 is 2.71 bits per heavy atom. The van der Waals surface area contributed by atoms with Crippen LogP contribution >= 0.6 is 11.6 Å². The highest BCUT2D eigenvalue weighted by atomic mass is 35.5. The van der Waals surface area contributed by atoms with Crippen LogP contribution in [0.1, 0.15) is 12.5 Å². The summed E-state index contributed by atoms with van der Waals surface area (Å²) in [5.41, 5.74) is 2.19. The maximum Gasteiger partial charge on any atom is 0.267 e. The molecule has 5 nitrogen and oxygen atoms in total. The number of anilines is 2. The number of carbonyl (C=O) groups is 2. The van der Waals surface area contributed by atoms with E-state index in [0.717, 1.165) is 5.56 Å². The smallest absolute Gasteiger partial charge is 0.267 e. The van der Waals surface area contributed by atoms with Gasteiger partial charge in [0.2, 0.25) is 5.91 Å². The van der Waals surface area contributed by atoms with E-state index in [1.165, 1.54) is 6.92 Å². The zero-order valence-corrected chi connectivity index (χ0v) is 14.1. The predicted octanol–water partition coefficient (Wildman–Crippen LogP) is 3.40.